The molecule has 1 heterocycles. The van der Waals surface area contributed by atoms with Crippen LogP contribution in [0.4, 0.5) is 0 Å². The monoisotopic (exact) mass is 429 g/mol. The number of ether oxygens (including phenoxy) is 1. The second-order valence-corrected chi connectivity index (χ2v) is 8.03. The van der Waals surface area contributed by atoms with E-state index in [2.05, 4.69) is 22.3 Å². The highest BCUT2D eigenvalue weighted by molar-refractivity contribution is 5.95. The van der Waals surface area contributed by atoms with Crippen molar-refractivity contribution in [2.24, 2.45) is 5.73 Å². The number of nitrogens with one attached hydrogen (secondary N) is 1. The molecule has 0 spiro atoms. The first-order chi connectivity index (χ1) is 15.6. The number of hydrogen-bond acceptors (Lipinski definition) is 4. The molecule has 6 heteroatoms. The van der Waals surface area contributed by atoms with Crippen molar-refractivity contribution < 1.29 is 14.3 Å². The zero-order valence-electron chi connectivity index (χ0n) is 17.9. The minimum absolute atomic E-state index is 0.0871. The van der Waals surface area contributed by atoms with Crippen LogP contribution >= 0.6 is 0 Å². The largest absolute Gasteiger partial charge is 0.488 e. The van der Waals surface area contributed by atoms with E-state index >= 15 is 0 Å². The van der Waals surface area contributed by atoms with E-state index in [1.54, 1.807) is 30.3 Å². The van der Waals surface area contributed by atoms with E-state index in [0.717, 1.165) is 31.6 Å². The van der Waals surface area contributed by atoms with E-state index in [1.165, 1.54) is 5.56 Å². The third-order valence-corrected chi connectivity index (χ3v) is 5.59. The van der Waals surface area contributed by atoms with Crippen LogP contribution in [0, 0.1) is 0 Å². The van der Waals surface area contributed by atoms with Crippen LogP contribution < -0.4 is 15.8 Å². The van der Waals surface area contributed by atoms with Crippen LogP contribution in [-0.2, 0) is 13.2 Å². The van der Waals surface area contributed by atoms with Gasteiger partial charge in [0, 0.05) is 31.2 Å². The molecule has 1 atom stereocenters. The summed E-state index contributed by atoms with van der Waals surface area (Å²) in [7, 11) is 0. The van der Waals surface area contributed by atoms with Crippen molar-refractivity contribution in [1.29, 1.82) is 0 Å². The smallest absolute Gasteiger partial charge is 0.252 e. The van der Waals surface area contributed by atoms with E-state index in [4.69, 9.17) is 10.5 Å². The van der Waals surface area contributed by atoms with Gasteiger partial charge >= 0.3 is 0 Å². The highest BCUT2D eigenvalue weighted by Gasteiger charge is 2.24. The third kappa shape index (κ3) is 5.53. The Morgan fingerprint density at radius 2 is 1.72 bits per heavy atom. The molecule has 0 aromatic heterocycles. The van der Waals surface area contributed by atoms with E-state index in [9.17, 15) is 9.59 Å². The van der Waals surface area contributed by atoms with Gasteiger partial charge in [-0.2, -0.15) is 0 Å². The molecule has 3 aromatic rings. The van der Waals surface area contributed by atoms with Crippen LogP contribution in [0.5, 0.6) is 5.75 Å². The molecule has 1 aliphatic heterocycles. The summed E-state index contributed by atoms with van der Waals surface area (Å²) in [6.07, 6.45) is 0.936. The molecule has 3 N–H and O–H groups in total. The molecule has 164 valence electrons. The van der Waals surface area contributed by atoms with E-state index < -0.39 is 5.91 Å². The second kappa shape index (κ2) is 10.1. The number of amides is 2. The number of benzene rings is 3. The van der Waals surface area contributed by atoms with Crippen LogP contribution in [0.1, 0.15) is 38.3 Å². The van der Waals surface area contributed by atoms with Crippen molar-refractivity contribution in [1.82, 2.24) is 10.2 Å². The average molecular weight is 430 g/mol. The molecule has 1 unspecified atom stereocenters. The number of carbonyl (C=O) groups excluding carboxylic acids is 2. The highest BCUT2D eigenvalue weighted by atomic mass is 16.5. The summed E-state index contributed by atoms with van der Waals surface area (Å²) >= 11 is 0. The Morgan fingerprint density at radius 1 is 0.969 bits per heavy atom. The number of nitrogens with zero attached hydrogens (tertiary/aromatic N) is 1. The van der Waals surface area contributed by atoms with Gasteiger partial charge in [0.25, 0.3) is 11.8 Å². The Balaban J connectivity index is 1.32. The second-order valence-electron chi connectivity index (χ2n) is 8.03. The predicted molar refractivity (Wildman–Crippen MR) is 123 cm³/mol. The van der Waals surface area contributed by atoms with Gasteiger partial charge in [-0.1, -0.05) is 54.6 Å². The van der Waals surface area contributed by atoms with Gasteiger partial charge in [0.15, 0.2) is 0 Å². The average Bonchev–Trinajstić information content (AvgIpc) is 3.25. The first-order valence-electron chi connectivity index (χ1n) is 10.8. The molecule has 1 fully saturated rings. The summed E-state index contributed by atoms with van der Waals surface area (Å²) < 4.78 is 5.78. The number of primary amides is 1. The minimum Gasteiger partial charge on any atom is -0.488 e. The van der Waals surface area contributed by atoms with Crippen LogP contribution in [0.25, 0.3) is 0 Å². The van der Waals surface area contributed by atoms with Gasteiger partial charge in [0.1, 0.15) is 12.4 Å². The summed E-state index contributed by atoms with van der Waals surface area (Å²) in [5, 5.41) is 3.15. The molecular formula is C26H27N3O3. The number of para-hydroxylation sites is 1. The fraction of sp³-hybridized carbons (Fsp3) is 0.231. The summed E-state index contributed by atoms with van der Waals surface area (Å²) in [5.41, 5.74) is 8.46. The van der Waals surface area contributed by atoms with Crippen molar-refractivity contribution in [2.45, 2.75) is 25.6 Å². The maximum absolute atomic E-state index is 12.8. The van der Waals surface area contributed by atoms with Gasteiger partial charge in [-0.3, -0.25) is 14.5 Å². The van der Waals surface area contributed by atoms with Gasteiger partial charge < -0.3 is 15.8 Å². The van der Waals surface area contributed by atoms with Crippen LogP contribution in [0.15, 0.2) is 78.9 Å². The van der Waals surface area contributed by atoms with Crippen molar-refractivity contribution in [3.05, 3.63) is 101 Å². The van der Waals surface area contributed by atoms with Gasteiger partial charge in [-0.25, -0.2) is 0 Å². The van der Waals surface area contributed by atoms with E-state index in [-0.39, 0.29) is 18.6 Å². The molecule has 1 saturated heterocycles. The summed E-state index contributed by atoms with van der Waals surface area (Å²) in [6, 6.07) is 24.7. The topological polar surface area (TPSA) is 84.7 Å². The van der Waals surface area contributed by atoms with Crippen LogP contribution in [0.3, 0.4) is 0 Å². The SMILES string of the molecule is NC(=O)c1ccccc1OCc1cccc(C(=O)NC2CCN(Cc3ccccc3)C2)c1. The molecule has 0 aliphatic carbocycles. The van der Waals surface area contributed by atoms with Crippen molar-refractivity contribution in [2.75, 3.05) is 13.1 Å². The molecular weight excluding hydrogens is 402 g/mol. The lowest BCUT2D eigenvalue weighted by Crippen LogP contribution is -2.37. The predicted octanol–water partition coefficient (Wildman–Crippen LogP) is 3.37. The molecule has 0 saturated carbocycles. The summed E-state index contributed by atoms with van der Waals surface area (Å²) in [5.74, 6) is -0.193. The number of nitrogens with two attached hydrogens (primary N) is 1. The highest BCUT2D eigenvalue weighted by Crippen LogP contribution is 2.19. The quantitative estimate of drug-likeness (QED) is 0.575. The molecule has 0 radical (unpaired) electrons. The fourth-order valence-corrected chi connectivity index (χ4v) is 3.96. The van der Waals surface area contributed by atoms with Gasteiger partial charge in [-0.15, -0.1) is 0 Å². The molecule has 6 nitrogen and oxygen atoms in total. The molecule has 3 aromatic carbocycles. The Bertz CT molecular complexity index is 1080. The molecule has 4 rings (SSSR count). The maximum atomic E-state index is 12.8. The Kier molecular flexibility index (Phi) is 6.82. The fourth-order valence-electron chi connectivity index (χ4n) is 3.96. The molecule has 0 bridgehead atoms. The van der Waals surface area contributed by atoms with Crippen molar-refractivity contribution >= 4 is 11.8 Å². The lowest BCUT2D eigenvalue weighted by molar-refractivity contribution is 0.0936. The Labute approximate surface area is 188 Å². The van der Waals surface area contributed by atoms with E-state index in [0.29, 0.717) is 16.9 Å². The number of rotatable bonds is 8. The summed E-state index contributed by atoms with van der Waals surface area (Å²) in [4.78, 5) is 26.7. The maximum Gasteiger partial charge on any atom is 0.252 e. The standard InChI is InChI=1S/C26H27N3O3/c27-25(30)23-11-4-5-12-24(23)32-18-20-9-6-10-21(15-20)26(31)28-22-13-14-29(17-22)16-19-7-2-1-3-8-19/h1-12,15,22H,13-14,16-18H2,(H2,27,30)(H,28,31). The lowest BCUT2D eigenvalue weighted by atomic mass is 10.1. The van der Waals surface area contributed by atoms with Gasteiger partial charge in [0.05, 0.1) is 5.56 Å². The molecule has 2 amide bonds. The first-order valence-corrected chi connectivity index (χ1v) is 10.8. The number of carbonyl (C=O) groups is 2. The summed E-state index contributed by atoms with van der Waals surface area (Å²) in [6.45, 7) is 2.94. The van der Waals surface area contributed by atoms with Crippen molar-refractivity contribution in [3.63, 3.8) is 0 Å². The number of likely N-dealkylation sites (tertiary alicyclic amines) is 1. The normalized spacial score (nSPS) is 15.9. The zero-order chi connectivity index (χ0) is 22.3. The van der Waals surface area contributed by atoms with Crippen molar-refractivity contribution in [3.8, 4) is 5.75 Å². The van der Waals surface area contributed by atoms with Crippen LogP contribution in [0.2, 0.25) is 0 Å². The van der Waals surface area contributed by atoms with E-state index in [1.807, 2.05) is 36.4 Å². The molecule has 1 aliphatic rings. The molecule has 32 heavy (non-hydrogen) atoms. The van der Waals surface area contributed by atoms with Crippen LogP contribution in [-0.4, -0.2) is 35.8 Å². The minimum atomic E-state index is -0.536. The van der Waals surface area contributed by atoms with Gasteiger partial charge in [-0.05, 0) is 41.8 Å². The lowest BCUT2D eigenvalue weighted by Gasteiger charge is -2.17. The first kappa shape index (κ1) is 21.6. The third-order valence-electron chi connectivity index (χ3n) is 5.59. The zero-order valence-corrected chi connectivity index (χ0v) is 17.9. The Hall–Kier alpha value is -3.64. The Morgan fingerprint density at radius 3 is 2.53 bits per heavy atom. The number of hydrogen-bond donors (Lipinski definition) is 2. The van der Waals surface area contributed by atoms with Gasteiger partial charge in [0.2, 0.25) is 0 Å².